The van der Waals surface area contributed by atoms with E-state index in [4.69, 9.17) is 9.47 Å². The number of methoxy groups -OCH3 is 1. The van der Waals surface area contributed by atoms with E-state index in [1.165, 1.54) is 5.56 Å². The highest BCUT2D eigenvalue weighted by Crippen LogP contribution is 2.30. The van der Waals surface area contributed by atoms with E-state index >= 15 is 0 Å². The van der Waals surface area contributed by atoms with Gasteiger partial charge in [-0.25, -0.2) is 0 Å². The fourth-order valence-corrected chi connectivity index (χ4v) is 1.92. The van der Waals surface area contributed by atoms with Crippen LogP contribution in [0.15, 0.2) is 36.7 Å². The number of hydrogen-bond acceptors (Lipinski definition) is 4. The molecule has 0 radical (unpaired) electrons. The molecular formula is C15H21N3O2. The maximum absolute atomic E-state index is 5.76. The predicted molar refractivity (Wildman–Crippen MR) is 78.2 cm³/mol. The second kappa shape index (κ2) is 6.96. The van der Waals surface area contributed by atoms with Gasteiger partial charge in [-0.2, -0.15) is 5.10 Å². The van der Waals surface area contributed by atoms with Crippen LogP contribution in [0.4, 0.5) is 0 Å². The molecule has 20 heavy (non-hydrogen) atoms. The van der Waals surface area contributed by atoms with E-state index < -0.39 is 0 Å². The molecular weight excluding hydrogens is 254 g/mol. The van der Waals surface area contributed by atoms with Crippen LogP contribution in [-0.2, 0) is 6.54 Å². The minimum atomic E-state index is 0.280. The van der Waals surface area contributed by atoms with Crippen molar-refractivity contribution in [3.8, 4) is 11.5 Å². The Kier molecular flexibility index (Phi) is 5.01. The highest BCUT2D eigenvalue weighted by Gasteiger charge is 2.09. The molecule has 0 aliphatic heterocycles. The number of ether oxygens (including phenoxy) is 2. The van der Waals surface area contributed by atoms with E-state index in [0.717, 1.165) is 11.5 Å². The van der Waals surface area contributed by atoms with Gasteiger partial charge in [0, 0.05) is 18.4 Å². The minimum absolute atomic E-state index is 0.280. The molecule has 1 heterocycles. The summed E-state index contributed by atoms with van der Waals surface area (Å²) in [4.78, 5) is 0. The molecule has 1 aromatic carbocycles. The molecule has 0 saturated heterocycles. The molecule has 1 N–H and O–H groups in total. The lowest BCUT2D eigenvalue weighted by Crippen LogP contribution is -2.13. The van der Waals surface area contributed by atoms with Crippen LogP contribution in [-0.4, -0.2) is 30.5 Å². The number of nitrogens with one attached hydrogen (secondary N) is 1. The molecule has 2 rings (SSSR count). The van der Waals surface area contributed by atoms with E-state index in [2.05, 4.69) is 17.3 Å². The summed E-state index contributed by atoms with van der Waals surface area (Å²) >= 11 is 0. The van der Waals surface area contributed by atoms with Crippen molar-refractivity contribution in [2.45, 2.75) is 19.5 Å². The fourth-order valence-electron chi connectivity index (χ4n) is 1.92. The summed E-state index contributed by atoms with van der Waals surface area (Å²) in [5.41, 5.74) is 1.17. The first-order chi connectivity index (χ1) is 9.74. The molecule has 0 fully saturated rings. The van der Waals surface area contributed by atoms with Crippen molar-refractivity contribution >= 4 is 0 Å². The Morgan fingerprint density at radius 2 is 2.20 bits per heavy atom. The van der Waals surface area contributed by atoms with Gasteiger partial charge in [-0.1, -0.05) is 6.07 Å². The van der Waals surface area contributed by atoms with Crippen molar-refractivity contribution in [2.24, 2.45) is 0 Å². The van der Waals surface area contributed by atoms with Gasteiger partial charge in [0.1, 0.15) is 6.61 Å². The van der Waals surface area contributed by atoms with Gasteiger partial charge in [0.15, 0.2) is 11.5 Å². The topological polar surface area (TPSA) is 48.3 Å². The maximum Gasteiger partial charge on any atom is 0.161 e. The normalized spacial score (nSPS) is 12.2. The third-order valence-corrected chi connectivity index (χ3v) is 3.26. The smallest absolute Gasteiger partial charge is 0.161 e. The quantitative estimate of drug-likeness (QED) is 0.842. The van der Waals surface area contributed by atoms with E-state index in [-0.39, 0.29) is 6.04 Å². The molecule has 0 spiro atoms. The van der Waals surface area contributed by atoms with Crippen molar-refractivity contribution in [3.05, 3.63) is 42.2 Å². The third-order valence-electron chi connectivity index (χ3n) is 3.26. The van der Waals surface area contributed by atoms with E-state index in [1.54, 1.807) is 13.3 Å². The summed E-state index contributed by atoms with van der Waals surface area (Å²) in [6, 6.07) is 8.18. The molecule has 0 aliphatic carbocycles. The number of nitrogens with zero attached hydrogens (tertiary/aromatic N) is 2. The van der Waals surface area contributed by atoms with E-state index in [0.29, 0.717) is 13.2 Å². The van der Waals surface area contributed by atoms with Crippen molar-refractivity contribution < 1.29 is 9.47 Å². The molecule has 1 atom stereocenters. The molecule has 2 aromatic rings. The summed E-state index contributed by atoms with van der Waals surface area (Å²) in [6.07, 6.45) is 3.67. The van der Waals surface area contributed by atoms with Crippen LogP contribution in [0.2, 0.25) is 0 Å². The highest BCUT2D eigenvalue weighted by molar-refractivity contribution is 5.43. The van der Waals surface area contributed by atoms with Gasteiger partial charge in [-0.05, 0) is 37.7 Å². The Hall–Kier alpha value is -2.01. The maximum atomic E-state index is 5.76. The van der Waals surface area contributed by atoms with Gasteiger partial charge >= 0.3 is 0 Å². The zero-order valence-corrected chi connectivity index (χ0v) is 12.2. The summed E-state index contributed by atoms with van der Waals surface area (Å²) in [5, 5.41) is 7.34. The van der Waals surface area contributed by atoms with Gasteiger partial charge in [0.25, 0.3) is 0 Å². The summed E-state index contributed by atoms with van der Waals surface area (Å²) < 4.78 is 13.0. The zero-order chi connectivity index (χ0) is 14.4. The standard InChI is InChI=1S/C15H21N3O2/c1-12(16-2)13-5-6-14(15(11-13)19-3)20-10-9-18-8-4-7-17-18/h4-8,11-12,16H,9-10H2,1-3H3. The molecule has 1 aromatic heterocycles. The molecule has 1 unspecified atom stereocenters. The first-order valence-electron chi connectivity index (χ1n) is 6.70. The average molecular weight is 275 g/mol. The van der Waals surface area contributed by atoms with Gasteiger partial charge in [0.2, 0.25) is 0 Å². The largest absolute Gasteiger partial charge is 0.493 e. The lowest BCUT2D eigenvalue weighted by molar-refractivity contribution is 0.274. The Morgan fingerprint density at radius 3 is 2.85 bits per heavy atom. The fraction of sp³-hybridized carbons (Fsp3) is 0.400. The minimum Gasteiger partial charge on any atom is -0.493 e. The molecule has 0 amide bonds. The Bertz CT molecular complexity index is 526. The first kappa shape index (κ1) is 14.4. The highest BCUT2D eigenvalue weighted by atomic mass is 16.5. The number of benzene rings is 1. The number of aromatic nitrogens is 2. The monoisotopic (exact) mass is 275 g/mol. The lowest BCUT2D eigenvalue weighted by atomic mass is 10.1. The van der Waals surface area contributed by atoms with Crippen LogP contribution >= 0.6 is 0 Å². The number of rotatable bonds is 7. The molecule has 5 nitrogen and oxygen atoms in total. The Morgan fingerprint density at radius 1 is 1.35 bits per heavy atom. The lowest BCUT2D eigenvalue weighted by Gasteiger charge is -2.15. The van der Waals surface area contributed by atoms with Crippen LogP contribution in [0.25, 0.3) is 0 Å². The molecule has 5 heteroatoms. The molecule has 108 valence electrons. The Balaban J connectivity index is 2.00. The third kappa shape index (κ3) is 3.51. The van der Waals surface area contributed by atoms with Gasteiger partial charge in [-0.15, -0.1) is 0 Å². The van der Waals surface area contributed by atoms with Gasteiger partial charge < -0.3 is 14.8 Å². The summed E-state index contributed by atoms with van der Waals surface area (Å²) in [6.45, 7) is 3.37. The predicted octanol–water partition coefficient (Wildman–Crippen LogP) is 2.25. The van der Waals surface area contributed by atoms with Gasteiger partial charge in [0.05, 0.1) is 13.7 Å². The SMILES string of the molecule is CNC(C)c1ccc(OCCn2cccn2)c(OC)c1. The molecule has 0 saturated carbocycles. The second-order valence-electron chi connectivity index (χ2n) is 4.54. The van der Waals surface area contributed by atoms with Crippen LogP contribution in [0.5, 0.6) is 11.5 Å². The first-order valence-corrected chi connectivity index (χ1v) is 6.70. The van der Waals surface area contributed by atoms with Crippen molar-refractivity contribution in [1.82, 2.24) is 15.1 Å². The van der Waals surface area contributed by atoms with Crippen LogP contribution in [0, 0.1) is 0 Å². The second-order valence-corrected chi connectivity index (χ2v) is 4.54. The van der Waals surface area contributed by atoms with Crippen LogP contribution < -0.4 is 14.8 Å². The van der Waals surface area contributed by atoms with Crippen LogP contribution in [0.1, 0.15) is 18.5 Å². The average Bonchev–Trinajstić information content (AvgIpc) is 3.00. The van der Waals surface area contributed by atoms with Crippen molar-refractivity contribution in [2.75, 3.05) is 20.8 Å². The number of hydrogen-bond donors (Lipinski definition) is 1. The van der Waals surface area contributed by atoms with Gasteiger partial charge in [-0.3, -0.25) is 4.68 Å². The molecule has 0 bridgehead atoms. The summed E-state index contributed by atoms with van der Waals surface area (Å²) in [7, 11) is 3.59. The summed E-state index contributed by atoms with van der Waals surface area (Å²) in [5.74, 6) is 1.51. The Labute approximate surface area is 119 Å². The van der Waals surface area contributed by atoms with Crippen LogP contribution in [0.3, 0.4) is 0 Å². The van der Waals surface area contributed by atoms with Crippen molar-refractivity contribution in [3.63, 3.8) is 0 Å². The van der Waals surface area contributed by atoms with E-state index in [1.807, 2.05) is 42.2 Å². The zero-order valence-electron chi connectivity index (χ0n) is 12.2. The molecule has 0 aliphatic rings. The van der Waals surface area contributed by atoms with E-state index in [9.17, 15) is 0 Å². The van der Waals surface area contributed by atoms with Crippen molar-refractivity contribution in [1.29, 1.82) is 0 Å².